The molecule has 0 aliphatic rings. The maximum Gasteiger partial charge on any atom is 0.220 e. The van der Waals surface area contributed by atoms with E-state index in [1.807, 2.05) is 18.2 Å². The average molecular weight is 315 g/mol. The molecule has 1 heterocycles. The molecule has 1 aromatic heterocycles. The SMILES string of the molecule is Cc1cc(OCCCC(=O)NCc2ccco2)ccc1C(C)C. The van der Waals surface area contributed by atoms with E-state index in [4.69, 9.17) is 9.15 Å². The van der Waals surface area contributed by atoms with Crippen molar-refractivity contribution in [3.63, 3.8) is 0 Å². The van der Waals surface area contributed by atoms with Gasteiger partial charge in [-0.2, -0.15) is 0 Å². The van der Waals surface area contributed by atoms with Gasteiger partial charge in [0, 0.05) is 6.42 Å². The summed E-state index contributed by atoms with van der Waals surface area (Å²) in [6.45, 7) is 7.44. The largest absolute Gasteiger partial charge is 0.494 e. The van der Waals surface area contributed by atoms with Gasteiger partial charge in [-0.05, 0) is 54.7 Å². The molecule has 0 aliphatic heterocycles. The number of aryl methyl sites for hydroxylation is 1. The van der Waals surface area contributed by atoms with Gasteiger partial charge in [0.2, 0.25) is 5.91 Å². The molecule has 2 aromatic rings. The third-order valence-electron chi connectivity index (χ3n) is 3.72. The van der Waals surface area contributed by atoms with Gasteiger partial charge in [-0.25, -0.2) is 0 Å². The highest BCUT2D eigenvalue weighted by Gasteiger charge is 2.06. The lowest BCUT2D eigenvalue weighted by molar-refractivity contribution is -0.121. The van der Waals surface area contributed by atoms with E-state index in [1.165, 1.54) is 11.1 Å². The maximum atomic E-state index is 11.7. The lowest BCUT2D eigenvalue weighted by atomic mass is 9.98. The predicted molar refractivity (Wildman–Crippen MR) is 90.6 cm³/mol. The average Bonchev–Trinajstić information content (AvgIpc) is 3.02. The molecule has 0 bridgehead atoms. The first-order valence-corrected chi connectivity index (χ1v) is 8.08. The van der Waals surface area contributed by atoms with Crippen LogP contribution in [0.15, 0.2) is 41.0 Å². The van der Waals surface area contributed by atoms with Gasteiger partial charge in [0.1, 0.15) is 11.5 Å². The zero-order valence-corrected chi connectivity index (χ0v) is 14.1. The van der Waals surface area contributed by atoms with Crippen molar-refractivity contribution in [2.45, 2.75) is 46.1 Å². The highest BCUT2D eigenvalue weighted by molar-refractivity contribution is 5.75. The van der Waals surface area contributed by atoms with Crippen LogP contribution in [0.1, 0.15) is 49.5 Å². The zero-order chi connectivity index (χ0) is 16.7. The predicted octanol–water partition coefficient (Wildman–Crippen LogP) is 4.19. The number of carbonyl (C=O) groups is 1. The van der Waals surface area contributed by atoms with Crippen molar-refractivity contribution < 1.29 is 13.9 Å². The van der Waals surface area contributed by atoms with E-state index in [-0.39, 0.29) is 5.91 Å². The van der Waals surface area contributed by atoms with Crippen LogP contribution in [0.25, 0.3) is 0 Å². The molecule has 4 nitrogen and oxygen atoms in total. The quantitative estimate of drug-likeness (QED) is 0.743. The molecule has 0 spiro atoms. The molecule has 4 heteroatoms. The number of ether oxygens (including phenoxy) is 1. The van der Waals surface area contributed by atoms with Gasteiger partial charge in [-0.15, -0.1) is 0 Å². The Morgan fingerprint density at radius 1 is 1.30 bits per heavy atom. The number of hydrogen-bond acceptors (Lipinski definition) is 3. The van der Waals surface area contributed by atoms with E-state index in [2.05, 4.69) is 38.2 Å². The zero-order valence-electron chi connectivity index (χ0n) is 14.1. The summed E-state index contributed by atoms with van der Waals surface area (Å²) in [5.41, 5.74) is 2.59. The van der Waals surface area contributed by atoms with Gasteiger partial charge in [0.25, 0.3) is 0 Å². The first-order chi connectivity index (χ1) is 11.1. The minimum atomic E-state index is 0.0105. The van der Waals surface area contributed by atoms with Crippen molar-refractivity contribution in [1.82, 2.24) is 5.32 Å². The Morgan fingerprint density at radius 2 is 2.13 bits per heavy atom. The Labute approximate surface area is 137 Å². The molecular formula is C19H25NO3. The molecule has 0 aliphatic carbocycles. The van der Waals surface area contributed by atoms with Gasteiger partial charge < -0.3 is 14.5 Å². The monoisotopic (exact) mass is 315 g/mol. The van der Waals surface area contributed by atoms with Crippen LogP contribution in [-0.2, 0) is 11.3 Å². The lowest BCUT2D eigenvalue weighted by Crippen LogP contribution is -2.22. The first kappa shape index (κ1) is 17.1. The molecule has 1 aromatic carbocycles. The van der Waals surface area contributed by atoms with Crippen LogP contribution in [0.5, 0.6) is 5.75 Å². The first-order valence-electron chi connectivity index (χ1n) is 8.08. The van der Waals surface area contributed by atoms with Gasteiger partial charge in [-0.3, -0.25) is 4.79 Å². The number of hydrogen-bond donors (Lipinski definition) is 1. The van der Waals surface area contributed by atoms with Crippen molar-refractivity contribution in [2.24, 2.45) is 0 Å². The summed E-state index contributed by atoms with van der Waals surface area (Å²) in [6, 6.07) is 9.82. The van der Waals surface area contributed by atoms with E-state index in [0.29, 0.717) is 31.9 Å². The summed E-state index contributed by atoms with van der Waals surface area (Å²) in [5, 5.41) is 2.82. The fraction of sp³-hybridized carbons (Fsp3) is 0.421. The molecule has 23 heavy (non-hydrogen) atoms. The fourth-order valence-corrected chi connectivity index (χ4v) is 2.50. The number of carbonyl (C=O) groups excluding carboxylic acids is 1. The van der Waals surface area contributed by atoms with Crippen LogP contribution in [0.2, 0.25) is 0 Å². The van der Waals surface area contributed by atoms with E-state index >= 15 is 0 Å². The van der Waals surface area contributed by atoms with Gasteiger partial charge in [0.15, 0.2) is 0 Å². The highest BCUT2D eigenvalue weighted by atomic mass is 16.5. The second kappa shape index (κ2) is 8.42. The van der Waals surface area contributed by atoms with Crippen molar-refractivity contribution in [3.05, 3.63) is 53.5 Å². The van der Waals surface area contributed by atoms with Crippen LogP contribution in [0, 0.1) is 6.92 Å². The van der Waals surface area contributed by atoms with Crippen LogP contribution in [0.3, 0.4) is 0 Å². The Hall–Kier alpha value is -2.23. The van der Waals surface area contributed by atoms with Crippen LogP contribution >= 0.6 is 0 Å². The lowest BCUT2D eigenvalue weighted by Gasteiger charge is -2.12. The normalized spacial score (nSPS) is 10.8. The summed E-state index contributed by atoms with van der Waals surface area (Å²) in [4.78, 5) is 11.7. The maximum absolute atomic E-state index is 11.7. The van der Waals surface area contributed by atoms with Crippen molar-refractivity contribution >= 4 is 5.91 Å². The van der Waals surface area contributed by atoms with Crippen LogP contribution in [-0.4, -0.2) is 12.5 Å². The van der Waals surface area contributed by atoms with Gasteiger partial charge >= 0.3 is 0 Å². The number of rotatable bonds is 8. The Bertz CT molecular complexity index is 618. The standard InChI is InChI=1S/C19H25NO3/c1-14(2)18-9-8-16(12-15(18)3)22-11-5-7-19(21)20-13-17-6-4-10-23-17/h4,6,8-10,12,14H,5,7,11,13H2,1-3H3,(H,20,21). The minimum absolute atomic E-state index is 0.0105. The summed E-state index contributed by atoms with van der Waals surface area (Å²) in [5.74, 6) is 2.15. The van der Waals surface area contributed by atoms with Crippen molar-refractivity contribution in [1.29, 1.82) is 0 Å². The minimum Gasteiger partial charge on any atom is -0.494 e. The molecule has 0 fully saturated rings. The van der Waals surface area contributed by atoms with E-state index in [0.717, 1.165) is 11.5 Å². The third kappa shape index (κ3) is 5.47. The van der Waals surface area contributed by atoms with Gasteiger partial charge in [-0.1, -0.05) is 19.9 Å². The molecule has 1 N–H and O–H groups in total. The molecule has 0 saturated heterocycles. The number of furan rings is 1. The summed E-state index contributed by atoms with van der Waals surface area (Å²) < 4.78 is 10.9. The summed E-state index contributed by atoms with van der Waals surface area (Å²) in [7, 11) is 0. The van der Waals surface area contributed by atoms with E-state index in [9.17, 15) is 4.79 Å². The van der Waals surface area contributed by atoms with E-state index < -0.39 is 0 Å². The molecule has 124 valence electrons. The Morgan fingerprint density at radius 3 is 2.78 bits per heavy atom. The van der Waals surface area contributed by atoms with Crippen molar-refractivity contribution in [2.75, 3.05) is 6.61 Å². The van der Waals surface area contributed by atoms with Gasteiger partial charge in [0.05, 0.1) is 19.4 Å². The third-order valence-corrected chi connectivity index (χ3v) is 3.72. The Kier molecular flexibility index (Phi) is 6.27. The van der Waals surface area contributed by atoms with Crippen molar-refractivity contribution in [3.8, 4) is 5.75 Å². The number of benzene rings is 1. The molecule has 2 rings (SSSR count). The van der Waals surface area contributed by atoms with Crippen LogP contribution < -0.4 is 10.1 Å². The van der Waals surface area contributed by atoms with E-state index in [1.54, 1.807) is 6.26 Å². The number of amides is 1. The summed E-state index contributed by atoms with van der Waals surface area (Å²) >= 11 is 0. The van der Waals surface area contributed by atoms with Crippen LogP contribution in [0.4, 0.5) is 0 Å². The number of nitrogens with one attached hydrogen (secondary N) is 1. The molecule has 0 saturated carbocycles. The fourth-order valence-electron chi connectivity index (χ4n) is 2.50. The summed E-state index contributed by atoms with van der Waals surface area (Å²) in [6.07, 6.45) is 2.74. The molecule has 0 atom stereocenters. The second-order valence-corrected chi connectivity index (χ2v) is 5.98. The molecule has 1 amide bonds. The molecule has 0 unspecified atom stereocenters. The molecular weight excluding hydrogens is 290 g/mol. The molecule has 0 radical (unpaired) electrons. The highest BCUT2D eigenvalue weighted by Crippen LogP contribution is 2.23. The second-order valence-electron chi connectivity index (χ2n) is 5.98. The topological polar surface area (TPSA) is 51.5 Å². The smallest absolute Gasteiger partial charge is 0.220 e. The Balaban J connectivity index is 1.67.